The number of hydrogen-bond donors (Lipinski definition) is 2. The van der Waals surface area contributed by atoms with Gasteiger partial charge in [0.05, 0.1) is 0 Å². The van der Waals surface area contributed by atoms with Crippen LogP contribution < -0.4 is 0 Å². The summed E-state index contributed by atoms with van der Waals surface area (Å²) in [6, 6.07) is 0. The van der Waals surface area contributed by atoms with Crippen LogP contribution in [0.25, 0.3) is 0 Å². The molecular formula is C4H12O3Se. The summed E-state index contributed by atoms with van der Waals surface area (Å²) in [6.07, 6.45) is 0. The molecule has 0 atom stereocenters. The van der Waals surface area contributed by atoms with Crippen molar-refractivity contribution in [3.63, 3.8) is 0 Å². The van der Waals surface area contributed by atoms with Crippen LogP contribution in [-0.2, 0) is 3.83 Å². The summed E-state index contributed by atoms with van der Waals surface area (Å²) in [4.78, 5) is 0. The Kier molecular flexibility index (Phi) is 1.94. The molecule has 0 amide bonds. The van der Waals surface area contributed by atoms with Gasteiger partial charge in [-0.05, 0) is 0 Å². The molecule has 4 heteroatoms. The monoisotopic (exact) mass is 188 g/mol. The molecule has 0 bridgehead atoms. The Balaban J connectivity index is 4.25. The van der Waals surface area contributed by atoms with Crippen molar-refractivity contribution in [3.05, 3.63) is 0 Å². The molecule has 0 aromatic heterocycles. The third-order valence-corrected chi connectivity index (χ3v) is 6.03. The topological polar surface area (TPSA) is 57.5 Å². The first-order chi connectivity index (χ1) is 3.39. The van der Waals surface area contributed by atoms with Crippen LogP contribution in [0.1, 0.15) is 13.8 Å². The van der Waals surface area contributed by atoms with Gasteiger partial charge in [0.2, 0.25) is 0 Å². The van der Waals surface area contributed by atoms with E-state index in [0.717, 1.165) is 0 Å². The standard InChI is InChI=1S/C4H12O3Se/c1-3-8(5,6,7)4-2/h3-4H2,1-2H3,(H2,5,6,7). The van der Waals surface area contributed by atoms with Crippen LogP contribution in [0.5, 0.6) is 0 Å². The Hall–Kier alpha value is 0.239. The molecule has 0 aromatic carbocycles. The molecule has 0 heterocycles. The second-order valence-corrected chi connectivity index (χ2v) is 9.17. The van der Waals surface area contributed by atoms with Gasteiger partial charge in [-0.2, -0.15) is 0 Å². The molecule has 2 N–H and O–H groups in total. The van der Waals surface area contributed by atoms with E-state index in [0.29, 0.717) is 0 Å². The van der Waals surface area contributed by atoms with Crippen LogP contribution in [0.4, 0.5) is 0 Å². The molecule has 0 aromatic rings. The van der Waals surface area contributed by atoms with Crippen LogP contribution >= 0.6 is 0 Å². The van der Waals surface area contributed by atoms with E-state index < -0.39 is 12.4 Å². The van der Waals surface area contributed by atoms with Crippen molar-refractivity contribution in [1.82, 2.24) is 0 Å². The Morgan fingerprint density at radius 2 is 1.50 bits per heavy atom. The molecule has 0 saturated carbocycles. The number of hydrogen-bond acceptors (Lipinski definition) is 1. The molecule has 0 saturated heterocycles. The van der Waals surface area contributed by atoms with Crippen molar-refractivity contribution >= 4 is 12.4 Å². The van der Waals surface area contributed by atoms with Gasteiger partial charge in [0.1, 0.15) is 0 Å². The average molecular weight is 187 g/mol. The van der Waals surface area contributed by atoms with Gasteiger partial charge in [0, 0.05) is 0 Å². The fourth-order valence-electron chi connectivity index (χ4n) is 0.204. The van der Waals surface area contributed by atoms with Gasteiger partial charge < -0.3 is 0 Å². The summed E-state index contributed by atoms with van der Waals surface area (Å²) < 4.78 is 28.2. The van der Waals surface area contributed by atoms with E-state index >= 15 is 0 Å². The molecule has 0 spiro atoms. The van der Waals surface area contributed by atoms with Crippen LogP contribution in [0.2, 0.25) is 10.6 Å². The van der Waals surface area contributed by atoms with Gasteiger partial charge in [0.15, 0.2) is 0 Å². The van der Waals surface area contributed by atoms with Crippen molar-refractivity contribution in [2.75, 3.05) is 0 Å². The first-order valence-electron chi connectivity index (χ1n) is 2.52. The van der Waals surface area contributed by atoms with Crippen LogP contribution in [-0.4, -0.2) is 20.8 Å². The maximum atomic E-state index is 10.7. The van der Waals surface area contributed by atoms with Crippen molar-refractivity contribution in [3.8, 4) is 0 Å². The Bertz CT molecular complexity index is 124. The van der Waals surface area contributed by atoms with E-state index in [2.05, 4.69) is 0 Å². The van der Waals surface area contributed by atoms with E-state index in [1.165, 1.54) is 13.8 Å². The zero-order valence-corrected chi connectivity index (χ0v) is 6.84. The second-order valence-electron chi connectivity index (χ2n) is 1.76. The summed E-state index contributed by atoms with van der Waals surface area (Å²) in [6.45, 7) is 3.02. The van der Waals surface area contributed by atoms with Gasteiger partial charge in [0.25, 0.3) is 0 Å². The van der Waals surface area contributed by atoms with E-state index in [-0.39, 0.29) is 10.6 Å². The van der Waals surface area contributed by atoms with Gasteiger partial charge in [-0.1, -0.05) is 0 Å². The summed E-state index contributed by atoms with van der Waals surface area (Å²) in [5.74, 6) is 0. The number of rotatable bonds is 2. The Morgan fingerprint density at radius 1 is 1.25 bits per heavy atom. The molecule has 0 radical (unpaired) electrons. The minimum absolute atomic E-state index is 0.0174. The molecule has 3 nitrogen and oxygen atoms in total. The van der Waals surface area contributed by atoms with Crippen molar-refractivity contribution in [2.24, 2.45) is 0 Å². The Labute approximate surface area is 49.8 Å². The molecule has 0 aliphatic carbocycles. The molecule has 0 aliphatic heterocycles. The SMILES string of the molecule is CC[Se](=O)(O)(O)CC. The van der Waals surface area contributed by atoms with E-state index in [4.69, 9.17) is 8.38 Å². The van der Waals surface area contributed by atoms with Gasteiger partial charge >= 0.3 is 49.1 Å². The summed E-state index contributed by atoms with van der Waals surface area (Å²) in [7, 11) is 0. The van der Waals surface area contributed by atoms with Crippen molar-refractivity contribution in [2.45, 2.75) is 24.5 Å². The van der Waals surface area contributed by atoms with Crippen LogP contribution in [0.15, 0.2) is 0 Å². The third kappa shape index (κ3) is 2.52. The van der Waals surface area contributed by atoms with Crippen LogP contribution in [0, 0.1) is 0 Å². The van der Waals surface area contributed by atoms with E-state index in [1.807, 2.05) is 0 Å². The molecule has 0 aliphatic rings. The Morgan fingerprint density at radius 3 is 1.50 bits per heavy atom. The first kappa shape index (κ1) is 8.24. The molecule has 0 fully saturated rings. The van der Waals surface area contributed by atoms with Gasteiger partial charge in [-0.15, -0.1) is 0 Å². The van der Waals surface area contributed by atoms with E-state index in [9.17, 15) is 3.83 Å². The van der Waals surface area contributed by atoms with Crippen molar-refractivity contribution in [1.29, 1.82) is 0 Å². The molecule has 8 heavy (non-hydrogen) atoms. The predicted molar refractivity (Wildman–Crippen MR) is 31.8 cm³/mol. The van der Waals surface area contributed by atoms with Gasteiger partial charge in [-0.25, -0.2) is 0 Å². The van der Waals surface area contributed by atoms with Gasteiger partial charge in [-0.3, -0.25) is 0 Å². The zero-order valence-electron chi connectivity index (χ0n) is 5.13. The maximum absolute atomic E-state index is 10.7. The molecular weight excluding hydrogens is 175 g/mol. The van der Waals surface area contributed by atoms with Crippen molar-refractivity contribution < 1.29 is 12.2 Å². The summed E-state index contributed by atoms with van der Waals surface area (Å²) >= 11 is -4.71. The third-order valence-electron chi connectivity index (χ3n) is 1.16. The van der Waals surface area contributed by atoms with Crippen LogP contribution in [0.3, 0.4) is 0 Å². The summed E-state index contributed by atoms with van der Waals surface area (Å²) in [5, 5.41) is -0.0347. The molecule has 52 valence electrons. The minimum atomic E-state index is -4.71. The summed E-state index contributed by atoms with van der Waals surface area (Å²) in [5.41, 5.74) is 0. The zero-order chi connectivity index (χ0) is 6.86. The average Bonchev–Trinajstić information content (AvgIpc) is 1.68. The molecule has 0 unspecified atom stereocenters. The van der Waals surface area contributed by atoms with E-state index in [1.54, 1.807) is 0 Å². The predicted octanol–water partition coefficient (Wildman–Crippen LogP) is 0.334. The first-order valence-corrected chi connectivity index (χ1v) is 7.18. The molecule has 0 rings (SSSR count). The fraction of sp³-hybridized carbons (Fsp3) is 1.00. The fourth-order valence-corrected chi connectivity index (χ4v) is 1.06. The quantitative estimate of drug-likeness (QED) is 0.612. The second kappa shape index (κ2) is 1.88. The normalized spacial score (nSPS) is 17.2.